The molecule has 0 aromatic rings. The molecule has 0 aliphatic rings. The maximum absolute atomic E-state index is 5.35. The first-order valence-electron chi connectivity index (χ1n) is 4.30. The van der Waals surface area contributed by atoms with Gasteiger partial charge >= 0.3 is 0 Å². The zero-order valence-corrected chi connectivity index (χ0v) is 7.79. The summed E-state index contributed by atoms with van der Waals surface area (Å²) in [5, 5.41) is 0. The van der Waals surface area contributed by atoms with Gasteiger partial charge in [0.25, 0.3) is 0 Å². The van der Waals surface area contributed by atoms with Crippen LogP contribution < -0.4 is 0 Å². The highest BCUT2D eigenvalue weighted by Gasteiger charge is 2.05. The maximum atomic E-state index is 5.35. The molecule has 0 aromatic heterocycles. The minimum Gasteiger partial charge on any atom is -0.349 e. The van der Waals surface area contributed by atoms with Gasteiger partial charge in [0.05, 0.1) is 13.2 Å². The summed E-state index contributed by atoms with van der Waals surface area (Å²) in [6.45, 7) is 10.3. The monoisotopic (exact) mass is 170 g/mol. The molecule has 2 heteroatoms. The van der Waals surface area contributed by atoms with Crippen LogP contribution in [0.4, 0.5) is 0 Å². The van der Waals surface area contributed by atoms with Crippen molar-refractivity contribution in [2.45, 2.75) is 26.1 Å². The molecule has 0 fully saturated rings. The smallest absolute Gasteiger partial charge is 0.158 e. The van der Waals surface area contributed by atoms with E-state index < -0.39 is 0 Å². The lowest BCUT2D eigenvalue weighted by Gasteiger charge is -2.15. The molecule has 12 heavy (non-hydrogen) atoms. The minimum atomic E-state index is -0.106. The molecule has 70 valence electrons. The Kier molecular flexibility index (Phi) is 8.07. The second-order valence-corrected chi connectivity index (χ2v) is 2.46. The Bertz CT molecular complexity index is 109. The van der Waals surface area contributed by atoms with Crippen molar-refractivity contribution in [2.75, 3.05) is 13.2 Å². The molecule has 0 aromatic carbocycles. The van der Waals surface area contributed by atoms with E-state index in [1.165, 1.54) is 0 Å². The standard InChI is InChI=1S/C10H18O2/c1-4-7-10(11-8-5-2)12-9-6-3/h5-6,10H,2-4,7-9H2,1H3. The summed E-state index contributed by atoms with van der Waals surface area (Å²) in [5.41, 5.74) is 0. The first-order chi connectivity index (χ1) is 5.85. The molecule has 0 saturated heterocycles. The highest BCUT2D eigenvalue weighted by Crippen LogP contribution is 2.03. The van der Waals surface area contributed by atoms with Gasteiger partial charge in [0, 0.05) is 0 Å². The Labute approximate surface area is 74.9 Å². The van der Waals surface area contributed by atoms with Crippen molar-refractivity contribution in [3.8, 4) is 0 Å². The predicted octanol–water partition coefficient (Wildman–Crippen LogP) is 2.52. The van der Waals surface area contributed by atoms with Gasteiger partial charge in [-0.15, -0.1) is 13.2 Å². The lowest BCUT2D eigenvalue weighted by molar-refractivity contribution is -0.130. The number of hydrogen-bond acceptors (Lipinski definition) is 2. The van der Waals surface area contributed by atoms with E-state index in [-0.39, 0.29) is 6.29 Å². The van der Waals surface area contributed by atoms with Crippen molar-refractivity contribution < 1.29 is 9.47 Å². The normalized spacial score (nSPS) is 10.2. The average Bonchev–Trinajstić information content (AvgIpc) is 2.10. The summed E-state index contributed by atoms with van der Waals surface area (Å²) in [6, 6.07) is 0. The maximum Gasteiger partial charge on any atom is 0.158 e. The predicted molar refractivity (Wildman–Crippen MR) is 51.0 cm³/mol. The number of hydrogen-bond donors (Lipinski definition) is 0. The van der Waals surface area contributed by atoms with Crippen LogP contribution in [0.15, 0.2) is 25.3 Å². The van der Waals surface area contributed by atoms with Crippen LogP contribution in [0.1, 0.15) is 19.8 Å². The van der Waals surface area contributed by atoms with E-state index in [4.69, 9.17) is 9.47 Å². The SMILES string of the molecule is C=CCOC(CCC)OCC=C. The lowest BCUT2D eigenvalue weighted by Crippen LogP contribution is -2.17. The Morgan fingerprint density at radius 3 is 2.00 bits per heavy atom. The summed E-state index contributed by atoms with van der Waals surface area (Å²) in [7, 11) is 0. The molecule has 0 amide bonds. The fraction of sp³-hybridized carbons (Fsp3) is 0.600. The molecule has 0 N–H and O–H groups in total. The molecule has 2 nitrogen and oxygen atoms in total. The largest absolute Gasteiger partial charge is 0.349 e. The van der Waals surface area contributed by atoms with Crippen LogP contribution in [0.2, 0.25) is 0 Å². The third kappa shape index (κ3) is 6.13. The topological polar surface area (TPSA) is 18.5 Å². The van der Waals surface area contributed by atoms with Crippen molar-refractivity contribution in [2.24, 2.45) is 0 Å². The van der Waals surface area contributed by atoms with Gasteiger partial charge in [-0.2, -0.15) is 0 Å². The molecule has 0 heterocycles. The highest BCUT2D eigenvalue weighted by atomic mass is 16.7. The third-order valence-electron chi connectivity index (χ3n) is 1.32. The van der Waals surface area contributed by atoms with Crippen molar-refractivity contribution in [3.63, 3.8) is 0 Å². The molecule has 0 bridgehead atoms. The van der Waals surface area contributed by atoms with E-state index in [1.54, 1.807) is 12.2 Å². The van der Waals surface area contributed by atoms with Crippen LogP contribution >= 0.6 is 0 Å². The van der Waals surface area contributed by atoms with Crippen LogP contribution in [0, 0.1) is 0 Å². The van der Waals surface area contributed by atoms with Crippen LogP contribution in [-0.2, 0) is 9.47 Å². The first-order valence-corrected chi connectivity index (χ1v) is 4.30. The van der Waals surface area contributed by atoms with Gasteiger partial charge in [-0.05, 0) is 6.42 Å². The van der Waals surface area contributed by atoms with E-state index in [2.05, 4.69) is 20.1 Å². The van der Waals surface area contributed by atoms with Crippen LogP contribution in [0.3, 0.4) is 0 Å². The van der Waals surface area contributed by atoms with Crippen molar-refractivity contribution in [3.05, 3.63) is 25.3 Å². The average molecular weight is 170 g/mol. The highest BCUT2D eigenvalue weighted by molar-refractivity contribution is 4.67. The molecular weight excluding hydrogens is 152 g/mol. The Hall–Kier alpha value is -0.600. The Morgan fingerprint density at radius 1 is 1.17 bits per heavy atom. The van der Waals surface area contributed by atoms with Crippen LogP contribution in [0.5, 0.6) is 0 Å². The van der Waals surface area contributed by atoms with Gasteiger partial charge in [-0.25, -0.2) is 0 Å². The number of ether oxygens (including phenoxy) is 2. The van der Waals surface area contributed by atoms with Gasteiger partial charge in [-0.1, -0.05) is 25.5 Å². The second kappa shape index (κ2) is 8.50. The summed E-state index contributed by atoms with van der Waals surface area (Å²) in [4.78, 5) is 0. The minimum absolute atomic E-state index is 0.106. The summed E-state index contributed by atoms with van der Waals surface area (Å²) in [5.74, 6) is 0. The van der Waals surface area contributed by atoms with E-state index in [0.717, 1.165) is 12.8 Å². The Morgan fingerprint density at radius 2 is 1.67 bits per heavy atom. The fourth-order valence-electron chi connectivity index (χ4n) is 0.801. The first kappa shape index (κ1) is 11.4. The van der Waals surface area contributed by atoms with Crippen molar-refractivity contribution >= 4 is 0 Å². The molecular formula is C10H18O2. The number of rotatable bonds is 8. The van der Waals surface area contributed by atoms with Gasteiger partial charge in [0.15, 0.2) is 6.29 Å². The Balaban J connectivity index is 3.52. The summed E-state index contributed by atoms with van der Waals surface area (Å²) >= 11 is 0. The lowest BCUT2D eigenvalue weighted by atomic mass is 10.3. The van der Waals surface area contributed by atoms with E-state index >= 15 is 0 Å². The summed E-state index contributed by atoms with van der Waals surface area (Å²) < 4.78 is 10.7. The second-order valence-electron chi connectivity index (χ2n) is 2.46. The quantitative estimate of drug-likeness (QED) is 0.411. The molecule has 0 aliphatic heterocycles. The van der Waals surface area contributed by atoms with Crippen molar-refractivity contribution in [1.82, 2.24) is 0 Å². The molecule has 0 saturated carbocycles. The van der Waals surface area contributed by atoms with E-state index in [1.807, 2.05) is 0 Å². The van der Waals surface area contributed by atoms with Gasteiger partial charge in [0.2, 0.25) is 0 Å². The molecule has 0 rings (SSSR count). The molecule has 0 atom stereocenters. The zero-order chi connectivity index (χ0) is 9.23. The van der Waals surface area contributed by atoms with Gasteiger partial charge in [0.1, 0.15) is 0 Å². The van der Waals surface area contributed by atoms with Crippen LogP contribution in [-0.4, -0.2) is 19.5 Å². The fourth-order valence-corrected chi connectivity index (χ4v) is 0.801. The molecule has 0 aliphatic carbocycles. The molecule has 0 radical (unpaired) electrons. The summed E-state index contributed by atoms with van der Waals surface area (Å²) in [6.07, 6.45) is 5.31. The van der Waals surface area contributed by atoms with Crippen LogP contribution in [0.25, 0.3) is 0 Å². The van der Waals surface area contributed by atoms with E-state index in [0.29, 0.717) is 13.2 Å². The molecule has 0 spiro atoms. The molecule has 0 unspecified atom stereocenters. The van der Waals surface area contributed by atoms with E-state index in [9.17, 15) is 0 Å². The zero-order valence-electron chi connectivity index (χ0n) is 7.79. The van der Waals surface area contributed by atoms with Crippen molar-refractivity contribution in [1.29, 1.82) is 0 Å². The van der Waals surface area contributed by atoms with Gasteiger partial charge in [-0.3, -0.25) is 0 Å². The van der Waals surface area contributed by atoms with Gasteiger partial charge < -0.3 is 9.47 Å². The third-order valence-corrected chi connectivity index (χ3v) is 1.32.